The molecule has 7 aromatic carbocycles. The molecule has 214 valence electrons. The third-order valence-corrected chi connectivity index (χ3v) is 11.2. The Hall–Kier alpha value is -4.98. The van der Waals surface area contributed by atoms with E-state index in [9.17, 15) is 0 Å². The number of aryl methyl sites for hydroxylation is 1. The maximum Gasteiger partial charge on any atom is 0.0393 e. The van der Waals surface area contributed by atoms with Gasteiger partial charge in [-0.05, 0) is 104 Å². The van der Waals surface area contributed by atoms with Gasteiger partial charge in [0.25, 0.3) is 0 Å². The van der Waals surface area contributed by atoms with Crippen molar-refractivity contribution in [1.82, 2.24) is 0 Å². The van der Waals surface area contributed by atoms with Crippen molar-refractivity contribution in [2.24, 2.45) is 0 Å². The Bertz CT molecular complexity index is 2490. The molecule has 0 saturated carbocycles. The second-order valence-electron chi connectivity index (χ2n) is 12.5. The molecule has 9 rings (SSSR count). The number of hydrogen-bond donors (Lipinski definition) is 0. The minimum atomic E-state index is 0.348. The van der Waals surface area contributed by atoms with Gasteiger partial charge in [0.1, 0.15) is 0 Å². The molecule has 0 bridgehead atoms. The van der Waals surface area contributed by atoms with Crippen molar-refractivity contribution >= 4 is 59.1 Å². The van der Waals surface area contributed by atoms with Crippen LogP contribution >= 0.6 is 11.3 Å². The van der Waals surface area contributed by atoms with Crippen molar-refractivity contribution in [2.45, 2.75) is 26.2 Å². The van der Waals surface area contributed by atoms with Crippen molar-refractivity contribution in [3.05, 3.63) is 161 Å². The summed E-state index contributed by atoms with van der Waals surface area (Å²) in [5, 5.41) is 8.14. The van der Waals surface area contributed by atoms with Crippen LogP contribution in [0.4, 0.5) is 0 Å². The molecule has 1 heterocycles. The van der Waals surface area contributed by atoms with E-state index in [0.29, 0.717) is 5.92 Å². The van der Waals surface area contributed by atoms with Gasteiger partial charge < -0.3 is 0 Å². The molecule has 1 unspecified atom stereocenters. The molecule has 0 spiro atoms. The average Bonchev–Trinajstić information content (AvgIpc) is 3.47. The summed E-state index contributed by atoms with van der Waals surface area (Å²) in [6.07, 6.45) is 5.88. The van der Waals surface area contributed by atoms with E-state index >= 15 is 0 Å². The summed E-state index contributed by atoms with van der Waals surface area (Å²) in [6.45, 7) is 4.47. The van der Waals surface area contributed by atoms with Crippen LogP contribution in [0, 0.1) is 13.8 Å². The van der Waals surface area contributed by atoms with Crippen molar-refractivity contribution in [3.63, 3.8) is 0 Å². The number of thiophene rings is 1. The van der Waals surface area contributed by atoms with E-state index in [1.165, 1.54) is 91.8 Å². The Balaban J connectivity index is 1.19. The monoisotopic (exact) mass is 592 g/mol. The van der Waals surface area contributed by atoms with Crippen LogP contribution in [-0.2, 0) is 6.42 Å². The summed E-state index contributed by atoms with van der Waals surface area (Å²) in [4.78, 5) is 0. The molecule has 0 saturated heterocycles. The van der Waals surface area contributed by atoms with Gasteiger partial charge in [-0.15, -0.1) is 11.3 Å². The number of rotatable bonds is 3. The van der Waals surface area contributed by atoms with Crippen molar-refractivity contribution in [3.8, 4) is 22.3 Å². The summed E-state index contributed by atoms with van der Waals surface area (Å²) >= 11 is 1.94. The second-order valence-corrected chi connectivity index (χ2v) is 13.5. The molecular formula is C44H32S. The highest BCUT2D eigenvalue weighted by Crippen LogP contribution is 2.45. The topological polar surface area (TPSA) is 0 Å². The van der Waals surface area contributed by atoms with Crippen molar-refractivity contribution in [1.29, 1.82) is 0 Å². The van der Waals surface area contributed by atoms with E-state index < -0.39 is 0 Å². The second kappa shape index (κ2) is 10.3. The molecule has 45 heavy (non-hydrogen) atoms. The first-order chi connectivity index (χ1) is 22.2. The normalized spacial score (nSPS) is 14.5. The number of fused-ring (bicyclic) bond motifs is 9. The summed E-state index contributed by atoms with van der Waals surface area (Å²) in [5.41, 5.74) is 12.1. The van der Waals surface area contributed by atoms with Crippen LogP contribution in [0.2, 0.25) is 0 Å². The molecule has 0 N–H and O–H groups in total. The molecular weight excluding hydrogens is 561 g/mol. The minimum absolute atomic E-state index is 0.348. The quantitative estimate of drug-likeness (QED) is 0.179. The first-order valence-corrected chi connectivity index (χ1v) is 16.7. The summed E-state index contributed by atoms with van der Waals surface area (Å²) < 4.78 is 2.79. The largest absolute Gasteiger partial charge is 0.135 e. The molecule has 0 radical (unpaired) electrons. The highest BCUT2D eigenvalue weighted by atomic mass is 32.1. The van der Waals surface area contributed by atoms with E-state index in [1.807, 2.05) is 11.3 Å². The zero-order valence-electron chi connectivity index (χ0n) is 25.5. The predicted molar refractivity (Wildman–Crippen MR) is 197 cm³/mol. The van der Waals surface area contributed by atoms with Crippen LogP contribution in [0.25, 0.3) is 70.0 Å². The molecule has 1 aromatic heterocycles. The van der Waals surface area contributed by atoms with Gasteiger partial charge in [0.05, 0.1) is 0 Å². The molecule has 1 aliphatic rings. The smallest absolute Gasteiger partial charge is 0.0393 e. The fourth-order valence-corrected chi connectivity index (χ4v) is 9.04. The van der Waals surface area contributed by atoms with Gasteiger partial charge in [0.2, 0.25) is 0 Å². The van der Waals surface area contributed by atoms with Gasteiger partial charge in [-0.25, -0.2) is 0 Å². The van der Waals surface area contributed by atoms with Crippen LogP contribution < -0.4 is 0 Å². The first-order valence-electron chi connectivity index (χ1n) is 15.9. The highest BCUT2D eigenvalue weighted by Gasteiger charge is 2.23. The Morgan fingerprint density at radius 3 is 2.16 bits per heavy atom. The summed E-state index contributed by atoms with van der Waals surface area (Å²) in [6, 6.07) is 47.3. The number of benzene rings is 7. The van der Waals surface area contributed by atoms with E-state index in [0.717, 1.165) is 6.42 Å². The van der Waals surface area contributed by atoms with Crippen LogP contribution in [-0.4, -0.2) is 0 Å². The van der Waals surface area contributed by atoms with Crippen LogP contribution in [0.1, 0.15) is 33.7 Å². The lowest BCUT2D eigenvalue weighted by atomic mass is 9.80. The minimum Gasteiger partial charge on any atom is -0.135 e. The van der Waals surface area contributed by atoms with Crippen molar-refractivity contribution < 1.29 is 0 Å². The highest BCUT2D eigenvalue weighted by molar-refractivity contribution is 7.26. The van der Waals surface area contributed by atoms with Crippen LogP contribution in [0.3, 0.4) is 0 Å². The Morgan fingerprint density at radius 1 is 0.556 bits per heavy atom. The van der Waals surface area contributed by atoms with Gasteiger partial charge in [0, 0.05) is 26.1 Å². The average molecular weight is 593 g/mol. The number of hydrogen-bond acceptors (Lipinski definition) is 1. The molecule has 1 atom stereocenters. The standard InChI is InChI=1S/C44H32S/c1-27-11-3-4-12-31(27)33-17-9-16-32(28(33)2)29-21-23-37-38-24-22-30(26-42(38)36-14-6-5-13-35(36)41(37)25-29)34-18-10-19-40-39-15-7-8-20-43(39)45-44(34)40/h3-25,30H,26H2,1-2H3. The maximum atomic E-state index is 2.46. The van der Waals surface area contributed by atoms with E-state index in [2.05, 4.69) is 153 Å². The molecule has 0 nitrogen and oxygen atoms in total. The van der Waals surface area contributed by atoms with Crippen LogP contribution in [0.5, 0.6) is 0 Å². The molecule has 0 fully saturated rings. The van der Waals surface area contributed by atoms with Gasteiger partial charge >= 0.3 is 0 Å². The van der Waals surface area contributed by atoms with E-state index in [4.69, 9.17) is 0 Å². The van der Waals surface area contributed by atoms with Gasteiger partial charge in [-0.3, -0.25) is 0 Å². The fraction of sp³-hybridized carbons (Fsp3) is 0.0909. The number of allylic oxidation sites excluding steroid dienone is 1. The molecule has 1 heteroatoms. The maximum absolute atomic E-state index is 2.46. The summed E-state index contributed by atoms with van der Waals surface area (Å²) in [5.74, 6) is 0.348. The Morgan fingerprint density at radius 2 is 1.27 bits per heavy atom. The van der Waals surface area contributed by atoms with Gasteiger partial charge in [0.15, 0.2) is 0 Å². The lowest BCUT2D eigenvalue weighted by Crippen LogP contribution is -2.07. The SMILES string of the molecule is Cc1ccccc1-c1cccc(-c2ccc3c4c(c5ccccc5c3c2)CC(c2cccc3c2sc2ccccc23)C=C4)c1C. The molecule has 8 aromatic rings. The van der Waals surface area contributed by atoms with E-state index in [-0.39, 0.29) is 0 Å². The van der Waals surface area contributed by atoms with Crippen LogP contribution in [0.15, 0.2) is 133 Å². The summed E-state index contributed by atoms with van der Waals surface area (Å²) in [7, 11) is 0. The fourth-order valence-electron chi connectivity index (χ4n) is 7.76. The Kier molecular flexibility index (Phi) is 6.05. The van der Waals surface area contributed by atoms with E-state index in [1.54, 1.807) is 0 Å². The zero-order chi connectivity index (χ0) is 30.1. The first kappa shape index (κ1) is 26.4. The van der Waals surface area contributed by atoms with Gasteiger partial charge in [-0.1, -0.05) is 127 Å². The lowest BCUT2D eigenvalue weighted by molar-refractivity contribution is 0.843. The third kappa shape index (κ3) is 4.11. The lowest BCUT2D eigenvalue weighted by Gasteiger charge is -2.24. The predicted octanol–water partition coefficient (Wildman–Crippen LogP) is 12.7. The zero-order valence-corrected chi connectivity index (χ0v) is 26.3. The molecule has 0 aliphatic heterocycles. The van der Waals surface area contributed by atoms with Crippen molar-refractivity contribution in [2.75, 3.05) is 0 Å². The molecule has 0 amide bonds. The third-order valence-electron chi connectivity index (χ3n) is 10.0. The Labute approximate surface area is 267 Å². The molecule has 1 aliphatic carbocycles. The van der Waals surface area contributed by atoms with Gasteiger partial charge in [-0.2, -0.15) is 0 Å².